The van der Waals surface area contributed by atoms with E-state index in [0.717, 1.165) is 18.9 Å². The maximum absolute atomic E-state index is 13.7. The lowest BCUT2D eigenvalue weighted by molar-refractivity contribution is -0.384. The number of halogens is 1. The molecule has 0 aromatic heterocycles. The van der Waals surface area contributed by atoms with Crippen molar-refractivity contribution in [3.63, 3.8) is 0 Å². The van der Waals surface area contributed by atoms with Gasteiger partial charge in [-0.15, -0.1) is 0 Å². The van der Waals surface area contributed by atoms with Crippen molar-refractivity contribution in [3.8, 4) is 0 Å². The third kappa shape index (κ3) is 2.14. The van der Waals surface area contributed by atoms with Crippen molar-refractivity contribution in [1.82, 2.24) is 5.32 Å². The van der Waals surface area contributed by atoms with Crippen LogP contribution in [0.25, 0.3) is 0 Å². The van der Waals surface area contributed by atoms with E-state index in [0.29, 0.717) is 12.5 Å². The highest BCUT2D eigenvalue weighted by atomic mass is 19.1. The Hall–Kier alpha value is -2.02. The van der Waals surface area contributed by atoms with Gasteiger partial charge in [-0.1, -0.05) is 6.07 Å². The Kier molecular flexibility index (Phi) is 3.13. The van der Waals surface area contributed by atoms with Crippen LogP contribution in [0.5, 0.6) is 0 Å². The first-order valence-corrected chi connectivity index (χ1v) is 6.56. The molecule has 2 aliphatic rings. The number of amides is 1. The average Bonchev–Trinajstić information content (AvgIpc) is 3.03. The van der Waals surface area contributed by atoms with Crippen LogP contribution in [-0.4, -0.2) is 22.9 Å². The van der Waals surface area contributed by atoms with E-state index in [4.69, 9.17) is 0 Å². The van der Waals surface area contributed by atoms with E-state index in [-0.39, 0.29) is 23.6 Å². The third-order valence-corrected chi connectivity index (χ3v) is 4.07. The molecule has 2 N–H and O–H groups in total. The van der Waals surface area contributed by atoms with E-state index in [2.05, 4.69) is 10.6 Å². The first-order valence-electron chi connectivity index (χ1n) is 6.56. The van der Waals surface area contributed by atoms with Gasteiger partial charge in [0.1, 0.15) is 0 Å². The molecule has 2 saturated heterocycles. The molecular formula is C13H14FN3O3. The van der Waals surface area contributed by atoms with Crippen LogP contribution < -0.4 is 10.6 Å². The number of nitro groups is 1. The lowest BCUT2D eigenvalue weighted by Gasteiger charge is -2.19. The molecule has 0 spiro atoms. The summed E-state index contributed by atoms with van der Waals surface area (Å²) in [7, 11) is 0. The summed E-state index contributed by atoms with van der Waals surface area (Å²) in [4.78, 5) is 22.4. The van der Waals surface area contributed by atoms with Crippen molar-refractivity contribution in [2.75, 3.05) is 5.32 Å². The second-order valence-electron chi connectivity index (χ2n) is 5.27. The topological polar surface area (TPSA) is 84.3 Å². The molecule has 0 radical (unpaired) electrons. The number of hydrogen-bond acceptors (Lipinski definition) is 4. The zero-order valence-corrected chi connectivity index (χ0v) is 10.6. The van der Waals surface area contributed by atoms with Gasteiger partial charge in [0.05, 0.1) is 10.8 Å². The quantitative estimate of drug-likeness (QED) is 0.653. The predicted octanol–water partition coefficient (Wildman–Crippen LogP) is 1.81. The van der Waals surface area contributed by atoms with Crippen molar-refractivity contribution >= 4 is 17.3 Å². The molecule has 2 bridgehead atoms. The summed E-state index contributed by atoms with van der Waals surface area (Å²) >= 11 is 0. The van der Waals surface area contributed by atoms with Gasteiger partial charge in [0.2, 0.25) is 5.91 Å². The molecule has 0 saturated carbocycles. The van der Waals surface area contributed by atoms with Gasteiger partial charge in [-0.3, -0.25) is 14.9 Å². The van der Waals surface area contributed by atoms with Crippen molar-refractivity contribution < 1.29 is 14.1 Å². The molecule has 0 aliphatic carbocycles. The normalized spacial score (nSPS) is 27.6. The third-order valence-electron chi connectivity index (χ3n) is 4.07. The van der Waals surface area contributed by atoms with E-state index < -0.39 is 16.4 Å². The summed E-state index contributed by atoms with van der Waals surface area (Å²) in [5.41, 5.74) is -0.764. The number of benzene rings is 1. The summed E-state index contributed by atoms with van der Waals surface area (Å²) in [5, 5.41) is 16.6. The Morgan fingerprint density at radius 2 is 2.25 bits per heavy atom. The number of hydrogen-bond donors (Lipinski definition) is 2. The molecule has 20 heavy (non-hydrogen) atoms. The molecule has 7 heteroatoms. The summed E-state index contributed by atoms with van der Waals surface area (Å²) < 4.78 is 13.7. The van der Waals surface area contributed by atoms with E-state index in [1.54, 1.807) is 0 Å². The smallest absolute Gasteiger partial charge is 0.295 e. The maximum atomic E-state index is 13.7. The van der Waals surface area contributed by atoms with Crippen LogP contribution in [0.15, 0.2) is 18.2 Å². The standard InChI is InChI=1S/C13H14FN3O3/c14-9-2-1-3-11(17(19)20)12(9)16-13(18)8-6-7-4-5-10(8)15-7/h1-3,7-8,10,15H,4-6H2,(H,16,18). The lowest BCUT2D eigenvalue weighted by atomic mass is 9.88. The molecule has 1 aromatic carbocycles. The Labute approximate surface area is 114 Å². The van der Waals surface area contributed by atoms with Gasteiger partial charge < -0.3 is 10.6 Å². The number of fused-ring (bicyclic) bond motifs is 2. The second kappa shape index (κ2) is 4.82. The number of rotatable bonds is 3. The van der Waals surface area contributed by atoms with Gasteiger partial charge in [-0.25, -0.2) is 4.39 Å². The molecular weight excluding hydrogens is 265 g/mol. The fourth-order valence-corrected chi connectivity index (χ4v) is 3.12. The van der Waals surface area contributed by atoms with E-state index in [1.807, 2.05) is 0 Å². The van der Waals surface area contributed by atoms with Gasteiger partial charge in [0.25, 0.3) is 5.69 Å². The SMILES string of the molecule is O=C(Nc1c(F)cccc1[N+](=O)[O-])C1CC2CCC1N2. The minimum Gasteiger partial charge on any atom is -0.318 e. The van der Waals surface area contributed by atoms with Crippen LogP contribution in [0.1, 0.15) is 19.3 Å². The highest BCUT2D eigenvalue weighted by Gasteiger charge is 2.43. The fourth-order valence-electron chi connectivity index (χ4n) is 3.12. The molecule has 2 fully saturated rings. The van der Waals surface area contributed by atoms with E-state index in [1.165, 1.54) is 12.1 Å². The largest absolute Gasteiger partial charge is 0.318 e. The second-order valence-corrected chi connectivity index (χ2v) is 5.27. The Balaban J connectivity index is 1.81. The van der Waals surface area contributed by atoms with Crippen molar-refractivity contribution in [2.24, 2.45) is 5.92 Å². The predicted molar refractivity (Wildman–Crippen MR) is 69.7 cm³/mol. The molecule has 106 valence electrons. The first-order chi connectivity index (χ1) is 9.56. The fraction of sp³-hybridized carbons (Fsp3) is 0.462. The van der Waals surface area contributed by atoms with E-state index in [9.17, 15) is 19.3 Å². The van der Waals surface area contributed by atoms with Crippen molar-refractivity contribution in [1.29, 1.82) is 0 Å². The molecule has 1 amide bonds. The van der Waals surface area contributed by atoms with Crippen LogP contribution in [-0.2, 0) is 4.79 Å². The molecule has 3 unspecified atom stereocenters. The number of anilines is 1. The summed E-state index contributed by atoms with van der Waals surface area (Å²) in [6.07, 6.45) is 2.68. The Bertz CT molecular complexity index is 578. The van der Waals surface area contributed by atoms with Crippen LogP contribution in [0.3, 0.4) is 0 Å². The van der Waals surface area contributed by atoms with Gasteiger partial charge in [0.15, 0.2) is 11.5 Å². The molecule has 6 nitrogen and oxygen atoms in total. The molecule has 1 aromatic rings. The number of nitro benzene ring substituents is 1. The number of carbonyl (C=O) groups excluding carboxylic acids is 1. The molecule has 3 atom stereocenters. The summed E-state index contributed by atoms with van der Waals surface area (Å²) in [6.45, 7) is 0. The molecule has 3 rings (SSSR count). The first kappa shape index (κ1) is 13.0. The van der Waals surface area contributed by atoms with Crippen LogP contribution in [0, 0.1) is 21.8 Å². The molecule has 2 heterocycles. The van der Waals surface area contributed by atoms with Gasteiger partial charge in [-0.05, 0) is 25.3 Å². The Morgan fingerprint density at radius 3 is 2.85 bits per heavy atom. The van der Waals surface area contributed by atoms with Crippen LogP contribution in [0.4, 0.5) is 15.8 Å². The average molecular weight is 279 g/mol. The summed E-state index contributed by atoms with van der Waals surface area (Å²) in [5.74, 6) is -1.38. The van der Waals surface area contributed by atoms with Crippen molar-refractivity contribution in [3.05, 3.63) is 34.1 Å². The minimum atomic E-state index is -0.788. The number of carbonyl (C=O) groups is 1. The van der Waals surface area contributed by atoms with E-state index >= 15 is 0 Å². The van der Waals surface area contributed by atoms with Crippen LogP contribution >= 0.6 is 0 Å². The maximum Gasteiger partial charge on any atom is 0.295 e. The summed E-state index contributed by atoms with van der Waals surface area (Å²) in [6, 6.07) is 3.97. The van der Waals surface area contributed by atoms with Gasteiger partial charge in [0, 0.05) is 18.2 Å². The zero-order chi connectivity index (χ0) is 14.3. The van der Waals surface area contributed by atoms with Crippen molar-refractivity contribution in [2.45, 2.75) is 31.3 Å². The molecule has 2 aliphatic heterocycles. The van der Waals surface area contributed by atoms with Crippen LogP contribution in [0.2, 0.25) is 0 Å². The highest BCUT2D eigenvalue weighted by Crippen LogP contribution is 2.35. The Morgan fingerprint density at radius 1 is 1.45 bits per heavy atom. The minimum absolute atomic E-state index is 0.103. The lowest BCUT2D eigenvalue weighted by Crippen LogP contribution is -2.33. The number of nitrogens with zero attached hydrogens (tertiary/aromatic N) is 1. The highest BCUT2D eigenvalue weighted by molar-refractivity contribution is 5.95. The van der Waals surface area contributed by atoms with Gasteiger partial charge >= 0.3 is 0 Å². The monoisotopic (exact) mass is 279 g/mol. The number of nitrogens with one attached hydrogen (secondary N) is 2. The number of para-hydroxylation sites is 1. The zero-order valence-electron chi connectivity index (χ0n) is 10.6. The van der Waals surface area contributed by atoms with Gasteiger partial charge in [-0.2, -0.15) is 0 Å².